The molecule has 0 heterocycles. The molecule has 104 valence electrons. The van der Waals surface area contributed by atoms with E-state index in [1.165, 1.54) is 18.2 Å². The van der Waals surface area contributed by atoms with E-state index in [0.29, 0.717) is 0 Å². The maximum Gasteiger partial charge on any atom is 0.434 e. The van der Waals surface area contributed by atoms with Crippen LogP contribution in [-0.2, 0) is 15.3 Å². The number of Topliss-reactive ketones (excluding diaryl/α,β-unsaturated/α-hetero) is 1. The molecule has 0 fully saturated rings. The lowest BCUT2D eigenvalue weighted by molar-refractivity contribution is -0.230. The average Bonchev–Trinajstić information content (AvgIpc) is 2.37. The van der Waals surface area contributed by atoms with Crippen LogP contribution in [0.3, 0.4) is 0 Å². The molecule has 3 nitrogen and oxygen atoms in total. The van der Waals surface area contributed by atoms with Crippen LogP contribution in [0.4, 0.5) is 17.6 Å². The Labute approximate surface area is 106 Å². The van der Waals surface area contributed by atoms with Crippen molar-refractivity contribution in [3.05, 3.63) is 35.9 Å². The topological polar surface area (TPSA) is 60.2 Å². The summed E-state index contributed by atoms with van der Waals surface area (Å²) in [4.78, 5) is 21.8. The highest BCUT2D eigenvalue weighted by Gasteiger charge is 2.62. The molecule has 0 aliphatic carbocycles. The number of nitrogens with two attached hydrogens (primary N) is 1. The summed E-state index contributed by atoms with van der Waals surface area (Å²) in [6.45, 7) is 0. The fourth-order valence-corrected chi connectivity index (χ4v) is 1.55. The van der Waals surface area contributed by atoms with Crippen molar-refractivity contribution in [2.75, 3.05) is 0 Å². The Hall–Kier alpha value is -1.76. The van der Waals surface area contributed by atoms with Gasteiger partial charge in [-0.05, 0) is 0 Å². The van der Waals surface area contributed by atoms with Crippen molar-refractivity contribution in [1.82, 2.24) is 0 Å². The first kappa shape index (κ1) is 15.3. The second-order valence-electron chi connectivity index (χ2n) is 3.95. The van der Waals surface area contributed by atoms with Gasteiger partial charge in [-0.15, -0.1) is 0 Å². The molecular weight excluding hydrogens is 266 g/mol. The molecule has 19 heavy (non-hydrogen) atoms. The normalized spacial score (nSPS) is 16.5. The Morgan fingerprint density at radius 2 is 1.74 bits per heavy atom. The lowest BCUT2D eigenvalue weighted by Crippen LogP contribution is -2.47. The van der Waals surface area contributed by atoms with E-state index in [9.17, 15) is 27.2 Å². The quantitative estimate of drug-likeness (QED) is 0.660. The van der Waals surface area contributed by atoms with Crippen LogP contribution in [0.2, 0.25) is 0 Å². The minimum Gasteiger partial charge on any atom is -0.321 e. The van der Waals surface area contributed by atoms with Crippen molar-refractivity contribution in [3.63, 3.8) is 0 Å². The summed E-state index contributed by atoms with van der Waals surface area (Å²) in [5.74, 6) is -1.79. The Morgan fingerprint density at radius 3 is 2.16 bits per heavy atom. The van der Waals surface area contributed by atoms with E-state index in [-0.39, 0.29) is 6.29 Å². The highest BCUT2D eigenvalue weighted by molar-refractivity contribution is 5.91. The first-order chi connectivity index (χ1) is 8.73. The Morgan fingerprint density at radius 1 is 1.21 bits per heavy atom. The standard InChI is InChI=1S/C12H11F4NO2/c13-11(12(14,15)16,8-4-2-1-3-5-8)10(19)6-9(17)7-18/h1-5,7,9H,6,17H2/t9-,11?/m0/s1. The number of alkyl halides is 4. The van der Waals surface area contributed by atoms with Gasteiger partial charge in [0.15, 0.2) is 5.78 Å². The predicted molar refractivity (Wildman–Crippen MR) is 58.9 cm³/mol. The lowest BCUT2D eigenvalue weighted by Gasteiger charge is -2.27. The first-order valence-electron chi connectivity index (χ1n) is 5.28. The number of hydrogen-bond acceptors (Lipinski definition) is 3. The van der Waals surface area contributed by atoms with E-state index in [2.05, 4.69) is 0 Å². The molecule has 0 saturated heterocycles. The number of benzene rings is 1. The number of halogens is 4. The molecule has 0 radical (unpaired) electrons. The zero-order valence-electron chi connectivity index (χ0n) is 9.65. The van der Waals surface area contributed by atoms with Crippen LogP contribution in [0, 0.1) is 0 Å². The predicted octanol–water partition coefficient (Wildman–Crippen LogP) is 1.90. The van der Waals surface area contributed by atoms with Gasteiger partial charge in [-0.1, -0.05) is 30.3 Å². The van der Waals surface area contributed by atoms with Crippen LogP contribution in [0.15, 0.2) is 30.3 Å². The summed E-state index contributed by atoms with van der Waals surface area (Å²) in [7, 11) is 0. The van der Waals surface area contributed by atoms with Gasteiger partial charge in [0.25, 0.3) is 5.67 Å². The van der Waals surface area contributed by atoms with Gasteiger partial charge in [0.05, 0.1) is 6.04 Å². The Balaban J connectivity index is 3.22. The molecule has 0 spiro atoms. The van der Waals surface area contributed by atoms with Gasteiger partial charge in [-0.3, -0.25) is 4.79 Å². The second-order valence-corrected chi connectivity index (χ2v) is 3.95. The zero-order valence-corrected chi connectivity index (χ0v) is 9.65. The monoisotopic (exact) mass is 277 g/mol. The molecule has 1 aromatic rings. The van der Waals surface area contributed by atoms with Gasteiger partial charge in [-0.25, -0.2) is 4.39 Å². The number of hydrogen-bond donors (Lipinski definition) is 1. The van der Waals surface area contributed by atoms with E-state index >= 15 is 0 Å². The van der Waals surface area contributed by atoms with E-state index in [1.807, 2.05) is 0 Å². The molecule has 7 heteroatoms. The third kappa shape index (κ3) is 2.98. The van der Waals surface area contributed by atoms with Gasteiger partial charge in [-0.2, -0.15) is 13.2 Å². The van der Waals surface area contributed by atoms with E-state index < -0.39 is 35.7 Å². The number of carbonyl (C=O) groups excluding carboxylic acids is 2. The van der Waals surface area contributed by atoms with E-state index in [4.69, 9.17) is 5.73 Å². The molecule has 0 aliphatic rings. The van der Waals surface area contributed by atoms with Crippen LogP contribution >= 0.6 is 0 Å². The maximum atomic E-state index is 14.3. The van der Waals surface area contributed by atoms with Gasteiger partial charge < -0.3 is 10.5 Å². The minimum atomic E-state index is -5.42. The van der Waals surface area contributed by atoms with Crippen LogP contribution in [0.5, 0.6) is 0 Å². The van der Waals surface area contributed by atoms with Crippen molar-refractivity contribution in [3.8, 4) is 0 Å². The molecular formula is C12H11F4NO2. The van der Waals surface area contributed by atoms with Crippen LogP contribution in [0.25, 0.3) is 0 Å². The van der Waals surface area contributed by atoms with Gasteiger partial charge in [0, 0.05) is 12.0 Å². The second kappa shape index (κ2) is 5.48. The molecule has 1 rings (SSSR count). The van der Waals surface area contributed by atoms with Crippen molar-refractivity contribution >= 4 is 12.1 Å². The smallest absolute Gasteiger partial charge is 0.321 e. The summed E-state index contributed by atoms with van der Waals surface area (Å²) in [5.41, 5.74) is 0.0830. The number of aldehydes is 1. The molecule has 0 bridgehead atoms. The van der Waals surface area contributed by atoms with Crippen molar-refractivity contribution in [1.29, 1.82) is 0 Å². The maximum absolute atomic E-state index is 14.3. The van der Waals surface area contributed by atoms with E-state index in [0.717, 1.165) is 12.1 Å². The van der Waals surface area contributed by atoms with Crippen LogP contribution < -0.4 is 5.73 Å². The van der Waals surface area contributed by atoms with Crippen LogP contribution in [0.1, 0.15) is 12.0 Å². The highest BCUT2D eigenvalue weighted by Crippen LogP contribution is 2.44. The van der Waals surface area contributed by atoms with Crippen molar-refractivity contribution < 1.29 is 27.2 Å². The fraction of sp³-hybridized carbons (Fsp3) is 0.333. The zero-order chi connectivity index (χ0) is 14.7. The summed E-state index contributed by atoms with van der Waals surface area (Å²) in [5, 5.41) is 0. The summed E-state index contributed by atoms with van der Waals surface area (Å²) >= 11 is 0. The summed E-state index contributed by atoms with van der Waals surface area (Å²) in [6, 6.07) is 4.01. The lowest BCUT2D eigenvalue weighted by atomic mass is 9.87. The highest BCUT2D eigenvalue weighted by atomic mass is 19.4. The van der Waals surface area contributed by atoms with Crippen molar-refractivity contribution in [2.45, 2.75) is 24.3 Å². The van der Waals surface area contributed by atoms with E-state index in [1.54, 1.807) is 0 Å². The Kier molecular flexibility index (Phi) is 4.41. The molecule has 0 aromatic heterocycles. The van der Waals surface area contributed by atoms with Crippen LogP contribution in [-0.4, -0.2) is 24.3 Å². The molecule has 2 N–H and O–H groups in total. The SMILES string of the molecule is N[C@H](C=O)CC(=O)C(F)(c1ccccc1)C(F)(F)F. The van der Waals surface area contributed by atoms with Gasteiger partial charge in [0.2, 0.25) is 0 Å². The largest absolute Gasteiger partial charge is 0.434 e. The minimum absolute atomic E-state index is 0.0969. The number of ketones is 1. The molecule has 0 amide bonds. The van der Waals surface area contributed by atoms with Gasteiger partial charge >= 0.3 is 6.18 Å². The summed E-state index contributed by atoms with van der Waals surface area (Å²) in [6.07, 6.45) is -6.35. The molecule has 2 atom stereocenters. The van der Waals surface area contributed by atoms with Crippen molar-refractivity contribution in [2.24, 2.45) is 5.73 Å². The van der Waals surface area contributed by atoms with Gasteiger partial charge in [0.1, 0.15) is 6.29 Å². The third-order valence-corrected chi connectivity index (χ3v) is 2.54. The number of carbonyl (C=O) groups is 2. The average molecular weight is 277 g/mol. The summed E-state index contributed by atoms with van der Waals surface area (Å²) < 4.78 is 52.9. The third-order valence-electron chi connectivity index (χ3n) is 2.54. The molecule has 0 aliphatic heterocycles. The molecule has 0 saturated carbocycles. The number of rotatable bonds is 5. The molecule has 1 aromatic carbocycles. The first-order valence-corrected chi connectivity index (χ1v) is 5.28. The molecule has 1 unspecified atom stereocenters. The Bertz CT molecular complexity index is 461. The fourth-order valence-electron chi connectivity index (χ4n) is 1.55.